The molecule has 0 saturated heterocycles. The van der Waals surface area contributed by atoms with Gasteiger partial charge in [-0.2, -0.15) is 0 Å². The molecule has 0 fully saturated rings. The molecule has 0 aromatic heterocycles. The Bertz CT molecular complexity index is 382. The molecule has 3 nitrogen and oxygen atoms in total. The zero-order chi connectivity index (χ0) is 12.1. The number of hydrogen-bond donors (Lipinski definition) is 2. The van der Waals surface area contributed by atoms with E-state index in [1.54, 1.807) is 0 Å². The molecule has 0 aliphatic heterocycles. The van der Waals surface area contributed by atoms with Crippen molar-refractivity contribution in [2.45, 2.75) is 19.4 Å². The maximum Gasteiger partial charge on any atom is 0.325 e. The third-order valence-corrected chi connectivity index (χ3v) is 2.12. The predicted octanol–water partition coefficient (Wildman–Crippen LogP) is 2.09. The number of rotatable bonds is 5. The van der Waals surface area contributed by atoms with Gasteiger partial charge < -0.3 is 10.4 Å². The van der Waals surface area contributed by atoms with Crippen molar-refractivity contribution in [3.63, 3.8) is 0 Å². The van der Waals surface area contributed by atoms with Crippen LogP contribution in [0.4, 0.5) is 8.78 Å². The van der Waals surface area contributed by atoms with E-state index in [-0.39, 0.29) is 5.56 Å². The molecule has 2 N–H and O–H groups in total. The first-order chi connectivity index (χ1) is 7.56. The molecule has 0 spiro atoms. The molecule has 1 aromatic rings. The molecule has 1 aromatic carbocycles. The van der Waals surface area contributed by atoms with Crippen LogP contribution in [0.5, 0.6) is 0 Å². The van der Waals surface area contributed by atoms with E-state index in [0.29, 0.717) is 6.54 Å². The number of carbonyl (C=O) groups is 1. The van der Waals surface area contributed by atoms with Crippen LogP contribution in [0.25, 0.3) is 0 Å². The van der Waals surface area contributed by atoms with Crippen LogP contribution < -0.4 is 5.32 Å². The van der Waals surface area contributed by atoms with Crippen LogP contribution in [0.3, 0.4) is 0 Å². The summed E-state index contributed by atoms with van der Waals surface area (Å²) in [6.07, 6.45) is 0.757. The first-order valence-electron chi connectivity index (χ1n) is 4.97. The second-order valence-electron chi connectivity index (χ2n) is 3.40. The van der Waals surface area contributed by atoms with E-state index in [1.807, 2.05) is 6.92 Å². The lowest BCUT2D eigenvalue weighted by Gasteiger charge is -2.14. The van der Waals surface area contributed by atoms with Crippen molar-refractivity contribution in [2.24, 2.45) is 0 Å². The molecule has 0 bridgehead atoms. The highest BCUT2D eigenvalue weighted by Gasteiger charge is 2.19. The van der Waals surface area contributed by atoms with Crippen molar-refractivity contribution in [3.05, 3.63) is 35.4 Å². The summed E-state index contributed by atoms with van der Waals surface area (Å²) in [5.41, 5.74) is 0.208. The Kier molecular flexibility index (Phi) is 4.37. The van der Waals surface area contributed by atoms with Gasteiger partial charge in [-0.05, 0) is 30.7 Å². The Labute approximate surface area is 92.1 Å². The molecule has 88 valence electrons. The largest absolute Gasteiger partial charge is 0.480 e. The zero-order valence-electron chi connectivity index (χ0n) is 8.84. The van der Waals surface area contributed by atoms with Gasteiger partial charge in [0.2, 0.25) is 0 Å². The van der Waals surface area contributed by atoms with Gasteiger partial charge in [0.25, 0.3) is 0 Å². The minimum absolute atomic E-state index is 0.208. The van der Waals surface area contributed by atoms with Gasteiger partial charge in [0.15, 0.2) is 11.6 Å². The Morgan fingerprint density at radius 2 is 2.12 bits per heavy atom. The Morgan fingerprint density at radius 3 is 2.62 bits per heavy atom. The van der Waals surface area contributed by atoms with Gasteiger partial charge in [-0.1, -0.05) is 13.0 Å². The standard InChI is InChI=1S/C11H13F2NO2/c1-2-5-14-10(11(15)16)7-3-4-8(12)9(13)6-7/h3-4,6,10,14H,2,5H2,1H3,(H,15,16). The predicted molar refractivity (Wildman–Crippen MR) is 55.0 cm³/mol. The monoisotopic (exact) mass is 229 g/mol. The lowest BCUT2D eigenvalue weighted by Crippen LogP contribution is -2.29. The fourth-order valence-electron chi connectivity index (χ4n) is 1.33. The van der Waals surface area contributed by atoms with Crippen LogP contribution in [0, 0.1) is 11.6 Å². The molecule has 1 unspecified atom stereocenters. The second-order valence-corrected chi connectivity index (χ2v) is 3.40. The molecule has 5 heteroatoms. The van der Waals surface area contributed by atoms with E-state index in [4.69, 9.17) is 5.11 Å². The van der Waals surface area contributed by atoms with Crippen molar-refractivity contribution in [1.29, 1.82) is 0 Å². The van der Waals surface area contributed by atoms with E-state index in [1.165, 1.54) is 6.07 Å². The molecule has 0 aliphatic rings. The number of carboxylic acid groups (broad SMARTS) is 1. The summed E-state index contributed by atoms with van der Waals surface area (Å²) >= 11 is 0. The summed E-state index contributed by atoms with van der Waals surface area (Å²) in [5.74, 6) is -3.13. The van der Waals surface area contributed by atoms with Crippen molar-refractivity contribution in [2.75, 3.05) is 6.54 Å². The Morgan fingerprint density at radius 1 is 1.44 bits per heavy atom. The zero-order valence-corrected chi connectivity index (χ0v) is 8.84. The van der Waals surface area contributed by atoms with Gasteiger partial charge >= 0.3 is 5.97 Å². The van der Waals surface area contributed by atoms with Gasteiger partial charge in [-0.15, -0.1) is 0 Å². The van der Waals surface area contributed by atoms with Crippen LogP contribution in [0.15, 0.2) is 18.2 Å². The number of aliphatic carboxylic acids is 1. The van der Waals surface area contributed by atoms with E-state index in [0.717, 1.165) is 18.6 Å². The Hall–Kier alpha value is -1.49. The minimum Gasteiger partial charge on any atom is -0.480 e. The summed E-state index contributed by atoms with van der Waals surface area (Å²) in [4.78, 5) is 10.9. The van der Waals surface area contributed by atoms with Crippen molar-refractivity contribution in [3.8, 4) is 0 Å². The van der Waals surface area contributed by atoms with E-state index in [2.05, 4.69) is 5.32 Å². The number of hydrogen-bond acceptors (Lipinski definition) is 2. The van der Waals surface area contributed by atoms with Crippen LogP contribution in [0.2, 0.25) is 0 Å². The van der Waals surface area contributed by atoms with Crippen molar-refractivity contribution < 1.29 is 18.7 Å². The smallest absolute Gasteiger partial charge is 0.325 e. The molecular formula is C11H13F2NO2. The molecule has 0 aliphatic carbocycles. The Balaban J connectivity index is 2.92. The summed E-state index contributed by atoms with van der Waals surface area (Å²) < 4.78 is 25.6. The molecular weight excluding hydrogens is 216 g/mol. The summed E-state index contributed by atoms with van der Waals surface area (Å²) in [6.45, 7) is 2.38. The maximum absolute atomic E-state index is 12.9. The lowest BCUT2D eigenvalue weighted by atomic mass is 10.1. The highest BCUT2D eigenvalue weighted by molar-refractivity contribution is 5.75. The fraction of sp³-hybridized carbons (Fsp3) is 0.364. The van der Waals surface area contributed by atoms with Crippen LogP contribution in [0.1, 0.15) is 24.9 Å². The topological polar surface area (TPSA) is 49.3 Å². The lowest BCUT2D eigenvalue weighted by molar-refractivity contribution is -0.139. The van der Waals surface area contributed by atoms with Gasteiger partial charge in [0.05, 0.1) is 0 Å². The molecule has 0 radical (unpaired) electrons. The van der Waals surface area contributed by atoms with Gasteiger partial charge in [0.1, 0.15) is 6.04 Å². The summed E-state index contributed by atoms with van der Waals surface area (Å²) in [7, 11) is 0. The maximum atomic E-state index is 12.9. The molecule has 1 atom stereocenters. The SMILES string of the molecule is CCCNC(C(=O)O)c1ccc(F)c(F)c1. The summed E-state index contributed by atoms with van der Waals surface area (Å²) in [5, 5.41) is 11.7. The molecule has 0 amide bonds. The molecule has 16 heavy (non-hydrogen) atoms. The highest BCUT2D eigenvalue weighted by atomic mass is 19.2. The van der Waals surface area contributed by atoms with E-state index >= 15 is 0 Å². The van der Waals surface area contributed by atoms with Crippen LogP contribution >= 0.6 is 0 Å². The van der Waals surface area contributed by atoms with Crippen LogP contribution in [-0.2, 0) is 4.79 Å². The van der Waals surface area contributed by atoms with Crippen molar-refractivity contribution >= 4 is 5.97 Å². The molecule has 1 rings (SSSR count). The average molecular weight is 229 g/mol. The summed E-state index contributed by atoms with van der Waals surface area (Å²) in [6, 6.07) is 2.08. The number of nitrogens with one attached hydrogen (secondary N) is 1. The van der Waals surface area contributed by atoms with Gasteiger partial charge in [-0.3, -0.25) is 4.79 Å². The number of halogens is 2. The molecule has 0 saturated carbocycles. The molecule has 0 heterocycles. The first-order valence-corrected chi connectivity index (χ1v) is 4.97. The van der Waals surface area contributed by atoms with E-state index in [9.17, 15) is 13.6 Å². The first kappa shape index (κ1) is 12.6. The highest BCUT2D eigenvalue weighted by Crippen LogP contribution is 2.16. The normalized spacial score (nSPS) is 12.4. The minimum atomic E-state index is -1.11. The van der Waals surface area contributed by atoms with Crippen molar-refractivity contribution in [1.82, 2.24) is 5.32 Å². The van der Waals surface area contributed by atoms with Gasteiger partial charge in [-0.25, -0.2) is 8.78 Å². The third kappa shape index (κ3) is 3.00. The second kappa shape index (κ2) is 5.55. The van der Waals surface area contributed by atoms with E-state index < -0.39 is 23.6 Å². The fourth-order valence-corrected chi connectivity index (χ4v) is 1.33. The number of benzene rings is 1. The average Bonchev–Trinajstić information content (AvgIpc) is 2.23. The van der Waals surface area contributed by atoms with Gasteiger partial charge in [0, 0.05) is 0 Å². The van der Waals surface area contributed by atoms with Crippen LogP contribution in [-0.4, -0.2) is 17.6 Å². The number of carboxylic acids is 1. The third-order valence-electron chi connectivity index (χ3n) is 2.12. The quantitative estimate of drug-likeness (QED) is 0.812.